The van der Waals surface area contributed by atoms with Crippen molar-refractivity contribution in [2.45, 2.75) is 0 Å². The largest absolute Gasteiger partial charge is 0.395 e. The lowest BCUT2D eigenvalue weighted by atomic mass is 10.0. The molecule has 310 valence electrons. The topological polar surface area (TPSA) is 288 Å². The number of aliphatic hydroxyl groups excluding tert-OH is 2. The zero-order valence-corrected chi connectivity index (χ0v) is 33.6. The van der Waals surface area contributed by atoms with Gasteiger partial charge in [0.1, 0.15) is 9.81 Å². The summed E-state index contributed by atoms with van der Waals surface area (Å²) < 4.78 is 71.0. The van der Waals surface area contributed by atoms with Gasteiger partial charge in [0.05, 0.1) is 36.0 Å². The summed E-state index contributed by atoms with van der Waals surface area (Å²) in [5.41, 5.74) is 1.16. The van der Waals surface area contributed by atoms with E-state index in [0.717, 1.165) is 12.2 Å². The molecule has 0 saturated carbocycles. The molecule has 4 aromatic rings. The van der Waals surface area contributed by atoms with Gasteiger partial charge in [0.25, 0.3) is 31.5 Å². The Kier molecular flexibility index (Phi) is 13.4. The van der Waals surface area contributed by atoms with Gasteiger partial charge in [0.2, 0.25) is 23.8 Å². The Morgan fingerprint density at radius 3 is 1.32 bits per heavy atom. The summed E-state index contributed by atoms with van der Waals surface area (Å²) in [6, 6.07) is 17.8. The number of H-pyrrole nitrogens is 2. The quantitative estimate of drug-likeness (QED) is 0.106. The minimum atomic E-state index is -4.88. The summed E-state index contributed by atoms with van der Waals surface area (Å²) in [7, 11) is -6.42. The van der Waals surface area contributed by atoms with Crippen LogP contribution in [0.2, 0.25) is 0 Å². The molecule has 2 aromatic carbocycles. The monoisotopic (exact) mass is 854 g/mol. The summed E-state index contributed by atoms with van der Waals surface area (Å²) in [4.78, 5) is 43.0. The predicted molar refractivity (Wildman–Crippen MR) is 225 cm³/mol. The van der Waals surface area contributed by atoms with Crippen LogP contribution < -0.4 is 21.0 Å². The number of aromatic nitrogens is 6. The molecular weight excluding hydrogens is 817 g/mol. The minimum absolute atomic E-state index is 0.0235. The van der Waals surface area contributed by atoms with Gasteiger partial charge in [-0.1, -0.05) is 60.7 Å². The molecule has 0 unspecified atom stereocenters. The number of benzene rings is 2. The van der Waals surface area contributed by atoms with Gasteiger partial charge in [-0.3, -0.25) is 19.1 Å². The van der Waals surface area contributed by atoms with E-state index < -0.39 is 30.0 Å². The van der Waals surface area contributed by atoms with Gasteiger partial charge in [-0.15, -0.1) is 0 Å². The van der Waals surface area contributed by atoms with Gasteiger partial charge in [0.15, 0.2) is 0 Å². The highest BCUT2D eigenvalue weighted by Gasteiger charge is 2.23. The van der Waals surface area contributed by atoms with E-state index in [-0.39, 0.29) is 83.9 Å². The summed E-state index contributed by atoms with van der Waals surface area (Å²) >= 11 is 0. The van der Waals surface area contributed by atoms with E-state index in [1.54, 1.807) is 72.4 Å². The maximum Gasteiger partial charge on any atom is 0.295 e. The van der Waals surface area contributed by atoms with Crippen LogP contribution in [0.4, 0.5) is 35.2 Å². The fourth-order valence-electron chi connectivity index (χ4n) is 5.39. The highest BCUT2D eigenvalue weighted by Crippen LogP contribution is 2.27. The first-order chi connectivity index (χ1) is 28.7. The summed E-state index contributed by atoms with van der Waals surface area (Å²) in [6.07, 6.45) is 10.2. The van der Waals surface area contributed by atoms with E-state index in [0.29, 0.717) is 11.4 Å². The molecule has 2 aliphatic carbocycles. The van der Waals surface area contributed by atoms with Crippen LogP contribution in [0, 0.1) is 0 Å². The number of hydrogen-bond donors (Lipinski definition) is 6. The van der Waals surface area contributed by atoms with Crippen molar-refractivity contribution in [2.75, 3.05) is 50.2 Å². The zero-order chi connectivity index (χ0) is 42.9. The number of nitrogens with one attached hydrogen (secondary N) is 2. The first-order valence-corrected chi connectivity index (χ1v) is 20.7. The molecule has 0 amide bonds. The Hall–Kier alpha value is -6.82. The third-order valence-electron chi connectivity index (χ3n) is 8.30. The Bertz CT molecular complexity index is 2680. The number of hydrogen-bond acceptors (Lipinski definition) is 16. The fraction of sp³-hybridized carbons (Fsp3) is 0.158. The van der Waals surface area contributed by atoms with E-state index in [1.807, 2.05) is 12.1 Å². The van der Waals surface area contributed by atoms with Crippen LogP contribution in [-0.4, -0.2) is 118 Å². The highest BCUT2D eigenvalue weighted by atomic mass is 32.2. The molecule has 0 aliphatic heterocycles. The SMILES string of the molecule is CN(CCO)c1nc(=Nc2ccccc2)nc(N=C2C=C/C(=C\C=C3/C=CC(=Nc4nc(=Nc5ccccc5)nc(N(C)CCO)[nH]4)C=C3S(=O)(=O)O)C(S(=O)(=O)O)=C2)[nH]1. The Balaban J connectivity index is 1.35. The van der Waals surface area contributed by atoms with Gasteiger partial charge in [-0.2, -0.15) is 36.8 Å². The van der Waals surface area contributed by atoms with Gasteiger partial charge >= 0.3 is 0 Å². The van der Waals surface area contributed by atoms with Gasteiger partial charge < -0.3 is 20.0 Å². The lowest BCUT2D eigenvalue weighted by molar-refractivity contribution is 0.303. The van der Waals surface area contributed by atoms with Crippen molar-refractivity contribution < 1.29 is 36.2 Å². The van der Waals surface area contributed by atoms with Crippen molar-refractivity contribution in [3.05, 3.63) is 141 Å². The molecule has 6 rings (SSSR count). The minimum Gasteiger partial charge on any atom is -0.395 e. The number of allylic oxidation sites excluding steroid dienone is 10. The second kappa shape index (κ2) is 18.8. The average molecular weight is 855 g/mol. The van der Waals surface area contributed by atoms with Crippen molar-refractivity contribution in [3.8, 4) is 0 Å². The summed E-state index contributed by atoms with van der Waals surface area (Å²) in [5.74, 6) is 0.457. The molecule has 0 saturated heterocycles. The van der Waals surface area contributed by atoms with Crippen molar-refractivity contribution in [1.82, 2.24) is 29.9 Å². The zero-order valence-electron chi connectivity index (χ0n) is 31.9. The van der Waals surface area contributed by atoms with E-state index in [4.69, 9.17) is 0 Å². The Labute approximate surface area is 343 Å². The molecule has 22 heteroatoms. The van der Waals surface area contributed by atoms with Gasteiger partial charge in [0, 0.05) is 27.2 Å². The summed E-state index contributed by atoms with van der Waals surface area (Å²) in [6.45, 7) is 0.0651. The van der Waals surface area contributed by atoms with Crippen molar-refractivity contribution in [3.63, 3.8) is 0 Å². The van der Waals surface area contributed by atoms with Gasteiger partial charge in [-0.25, -0.2) is 20.0 Å². The molecule has 20 nitrogen and oxygen atoms in total. The number of anilines is 2. The molecule has 0 radical (unpaired) electrons. The molecule has 6 N–H and O–H groups in total. The fourth-order valence-corrected chi connectivity index (χ4v) is 6.79. The lowest BCUT2D eigenvalue weighted by Gasteiger charge is -2.16. The highest BCUT2D eigenvalue weighted by molar-refractivity contribution is 7.90. The van der Waals surface area contributed by atoms with E-state index in [1.165, 1.54) is 36.5 Å². The molecule has 0 atom stereocenters. The van der Waals surface area contributed by atoms with E-state index in [2.05, 4.69) is 49.9 Å². The lowest BCUT2D eigenvalue weighted by Crippen LogP contribution is -2.27. The van der Waals surface area contributed by atoms with Crippen LogP contribution >= 0.6 is 0 Å². The maximum atomic E-state index is 12.6. The molecule has 2 aromatic heterocycles. The first-order valence-electron chi connectivity index (χ1n) is 17.8. The van der Waals surface area contributed by atoms with Crippen LogP contribution in [-0.2, 0) is 20.2 Å². The number of aliphatic hydroxyl groups is 2. The predicted octanol–water partition coefficient (Wildman–Crippen LogP) is 2.63. The molecule has 0 fully saturated rings. The number of para-hydroxylation sites is 2. The van der Waals surface area contributed by atoms with Crippen LogP contribution in [0.3, 0.4) is 0 Å². The number of likely N-dealkylation sites (N-methyl/N-ethyl adjacent to an activating group) is 2. The molecule has 0 bridgehead atoms. The molecular formula is C38H38N12O8S2. The normalized spacial score (nSPS) is 17.8. The number of nitrogens with zero attached hydrogens (tertiary/aromatic N) is 10. The Morgan fingerprint density at radius 1 is 0.583 bits per heavy atom. The second-order valence-corrected chi connectivity index (χ2v) is 15.5. The molecule has 60 heavy (non-hydrogen) atoms. The number of aromatic amines is 2. The second-order valence-electron chi connectivity index (χ2n) is 12.7. The third-order valence-corrected chi connectivity index (χ3v) is 10.1. The maximum absolute atomic E-state index is 12.6. The van der Waals surface area contributed by atoms with Gasteiger partial charge in [-0.05, 0) is 59.7 Å². The van der Waals surface area contributed by atoms with Crippen molar-refractivity contribution >= 4 is 66.8 Å². The molecule has 2 heterocycles. The number of rotatable bonds is 13. The van der Waals surface area contributed by atoms with Crippen LogP contribution in [0.15, 0.2) is 150 Å². The van der Waals surface area contributed by atoms with Crippen molar-refractivity contribution in [1.29, 1.82) is 0 Å². The van der Waals surface area contributed by atoms with Crippen LogP contribution in [0.5, 0.6) is 0 Å². The van der Waals surface area contributed by atoms with E-state index >= 15 is 0 Å². The number of aliphatic imine (C=N–C) groups is 2. The van der Waals surface area contributed by atoms with Crippen molar-refractivity contribution in [2.24, 2.45) is 20.0 Å². The van der Waals surface area contributed by atoms with E-state index in [9.17, 15) is 36.2 Å². The average Bonchev–Trinajstić information content (AvgIpc) is 3.20. The smallest absolute Gasteiger partial charge is 0.295 e. The first kappa shape index (κ1) is 42.8. The Morgan fingerprint density at radius 2 is 0.967 bits per heavy atom. The molecule has 2 aliphatic rings. The van der Waals surface area contributed by atoms with Crippen LogP contribution in [0.1, 0.15) is 0 Å². The summed E-state index contributed by atoms with van der Waals surface area (Å²) in [5, 5.41) is 18.9. The third kappa shape index (κ3) is 11.4. The molecule has 0 spiro atoms. The standard InChI is InChI=1S/C38H38N12O8S2/c1-49(19-21-51)37-45-33(39-27-9-5-3-6-10-27)43-35(47-37)41-29-17-15-25(31(23-29)59(53,54)55)13-14-26-16-18-30(24-32(26)60(56,57)58)42-36-44-34(40-28-11-7-4-8-12-28)46-38(48-36)50(2)20-22-52/h3-18,23-24,51-52H,19-22H2,1-2H3,(H,53,54,55)(H,56,57,58)(H,39,43,45,47)(H,40,44,46,48)/b25-13+,26-14+,41-29?,42-30?. The van der Waals surface area contributed by atoms with Crippen LogP contribution in [0.25, 0.3) is 0 Å².